The van der Waals surface area contributed by atoms with E-state index >= 15 is 0 Å². The van der Waals surface area contributed by atoms with Gasteiger partial charge in [0.25, 0.3) is 11.8 Å². The predicted octanol–water partition coefficient (Wildman–Crippen LogP) is 0.994. The molecule has 0 saturated carbocycles. The lowest BCUT2D eigenvalue weighted by molar-refractivity contribution is -0.915. The Hall–Kier alpha value is -4.54. The molecular formula is C38H46N6O4+2. The van der Waals surface area contributed by atoms with E-state index < -0.39 is 12.1 Å². The number of nitrogens with one attached hydrogen (secondary N) is 2. The van der Waals surface area contributed by atoms with Crippen molar-refractivity contribution in [3.8, 4) is 0 Å². The first-order valence-corrected chi connectivity index (χ1v) is 17.3. The summed E-state index contributed by atoms with van der Waals surface area (Å²) in [6, 6.07) is 18.9. The number of aryl methyl sites for hydroxylation is 4. The van der Waals surface area contributed by atoms with Crippen LogP contribution in [-0.4, -0.2) is 88.1 Å². The third-order valence-electron chi connectivity index (χ3n) is 10.9. The summed E-state index contributed by atoms with van der Waals surface area (Å²) < 4.78 is 0. The highest BCUT2D eigenvalue weighted by molar-refractivity contribution is 6.23. The minimum atomic E-state index is -0.404. The number of benzene rings is 3. The van der Waals surface area contributed by atoms with E-state index in [9.17, 15) is 19.2 Å². The fourth-order valence-electron chi connectivity index (χ4n) is 8.08. The molecule has 0 bridgehead atoms. The molecule has 0 radical (unpaired) electrons. The Morgan fingerprint density at radius 3 is 1.23 bits per heavy atom. The van der Waals surface area contributed by atoms with Crippen molar-refractivity contribution in [2.75, 3.05) is 72.0 Å². The molecule has 4 amide bonds. The molecule has 2 atom stereocenters. The summed E-state index contributed by atoms with van der Waals surface area (Å²) in [5.74, 6) is -0.779. The summed E-state index contributed by atoms with van der Waals surface area (Å²) in [6.07, 6.45) is 0.368. The Labute approximate surface area is 282 Å². The number of rotatable bonds is 6. The molecule has 48 heavy (non-hydrogen) atoms. The number of nitrogens with zero attached hydrogens (tertiary/aromatic N) is 4. The summed E-state index contributed by atoms with van der Waals surface area (Å²) in [4.78, 5) is 63.2. The number of carbonyl (C=O) groups is 4. The van der Waals surface area contributed by atoms with Gasteiger partial charge in [0.1, 0.15) is 0 Å². The highest BCUT2D eigenvalue weighted by Crippen LogP contribution is 2.29. The largest absolute Gasteiger partial charge is 0.360 e. The van der Waals surface area contributed by atoms with Gasteiger partial charge in [0.2, 0.25) is 11.8 Å². The molecule has 0 aliphatic carbocycles. The van der Waals surface area contributed by atoms with Crippen LogP contribution >= 0.6 is 0 Å². The smallest absolute Gasteiger partial charge is 0.292 e. The minimum Gasteiger partial charge on any atom is -0.360 e. The highest BCUT2D eigenvalue weighted by Gasteiger charge is 2.48. The predicted molar refractivity (Wildman–Crippen MR) is 186 cm³/mol. The van der Waals surface area contributed by atoms with Gasteiger partial charge >= 0.3 is 0 Å². The monoisotopic (exact) mass is 650 g/mol. The Balaban J connectivity index is 0.972. The van der Waals surface area contributed by atoms with Crippen molar-refractivity contribution in [1.29, 1.82) is 0 Å². The zero-order chi connectivity index (χ0) is 33.7. The lowest BCUT2D eigenvalue weighted by Crippen LogP contribution is -3.19. The van der Waals surface area contributed by atoms with Crippen LogP contribution in [0.4, 0.5) is 22.7 Å². The zero-order valence-electron chi connectivity index (χ0n) is 28.4. The van der Waals surface area contributed by atoms with E-state index in [4.69, 9.17) is 0 Å². The summed E-state index contributed by atoms with van der Waals surface area (Å²) in [6.45, 7) is 14.9. The Morgan fingerprint density at radius 2 is 0.875 bits per heavy atom. The van der Waals surface area contributed by atoms with Gasteiger partial charge in [-0.2, -0.15) is 0 Å². The Kier molecular flexibility index (Phi) is 8.55. The van der Waals surface area contributed by atoms with E-state index in [0.717, 1.165) is 62.2 Å². The molecule has 4 aliphatic heterocycles. The third-order valence-corrected chi connectivity index (χ3v) is 10.9. The van der Waals surface area contributed by atoms with Gasteiger partial charge in [-0.15, -0.1) is 0 Å². The molecule has 10 heteroatoms. The number of quaternary nitrogens is 2. The molecule has 10 nitrogen and oxygen atoms in total. The van der Waals surface area contributed by atoms with Gasteiger partial charge in [0.05, 0.1) is 76.6 Å². The number of piperazine rings is 2. The lowest BCUT2D eigenvalue weighted by Gasteiger charge is -2.36. The topological polar surface area (TPSA) is 90.1 Å². The van der Waals surface area contributed by atoms with Crippen molar-refractivity contribution in [1.82, 2.24) is 0 Å². The molecule has 0 unspecified atom stereocenters. The number of amides is 4. The SMILES string of the molecule is Cc1ccc(C)c(N2CC[NH+]([C@@H]3CC(=O)N(c4ccc(N5C(=O)C[C@@H]([NH+]6CCN(c7cc(C)ccc7C)CC6)C5=O)cc4)C3=O)CC2)c1. The number of hydrogen-bond donors (Lipinski definition) is 2. The Bertz CT molecular complexity index is 1630. The zero-order valence-corrected chi connectivity index (χ0v) is 28.4. The maximum atomic E-state index is 13.6. The van der Waals surface area contributed by atoms with E-state index in [1.54, 1.807) is 24.3 Å². The quantitative estimate of drug-likeness (QED) is 0.387. The van der Waals surface area contributed by atoms with E-state index in [1.165, 1.54) is 43.4 Å². The summed E-state index contributed by atoms with van der Waals surface area (Å²) >= 11 is 0. The number of carbonyl (C=O) groups excluding carboxylic acids is 4. The molecule has 250 valence electrons. The van der Waals surface area contributed by atoms with Crippen molar-refractivity contribution in [2.24, 2.45) is 0 Å². The van der Waals surface area contributed by atoms with Crippen molar-refractivity contribution >= 4 is 46.4 Å². The first kappa shape index (κ1) is 32.0. The third kappa shape index (κ3) is 5.88. The second-order valence-corrected chi connectivity index (χ2v) is 14.0. The van der Waals surface area contributed by atoms with Crippen molar-refractivity contribution in [2.45, 2.75) is 52.6 Å². The fourth-order valence-corrected chi connectivity index (χ4v) is 8.08. The molecule has 4 heterocycles. The maximum Gasteiger partial charge on any atom is 0.292 e. The van der Waals surface area contributed by atoms with Crippen LogP contribution in [0.5, 0.6) is 0 Å². The average molecular weight is 651 g/mol. The van der Waals surface area contributed by atoms with E-state index in [1.807, 2.05) is 0 Å². The molecule has 0 aromatic heterocycles. The number of anilines is 4. The molecular weight excluding hydrogens is 604 g/mol. The van der Waals surface area contributed by atoms with Crippen molar-refractivity contribution < 1.29 is 29.0 Å². The van der Waals surface area contributed by atoms with Gasteiger partial charge in [-0.1, -0.05) is 24.3 Å². The van der Waals surface area contributed by atoms with Gasteiger partial charge in [0, 0.05) is 11.4 Å². The van der Waals surface area contributed by atoms with E-state index in [-0.39, 0.29) is 36.5 Å². The normalized spacial score (nSPS) is 22.8. The summed E-state index contributed by atoms with van der Waals surface area (Å²) in [5, 5.41) is 0. The van der Waals surface area contributed by atoms with Gasteiger partial charge in [-0.3, -0.25) is 19.2 Å². The first-order valence-electron chi connectivity index (χ1n) is 17.3. The fraction of sp³-hybridized carbons (Fsp3) is 0.421. The van der Waals surface area contributed by atoms with Gasteiger partial charge in [0.15, 0.2) is 12.1 Å². The van der Waals surface area contributed by atoms with Crippen LogP contribution in [-0.2, 0) is 19.2 Å². The van der Waals surface area contributed by atoms with Gasteiger partial charge in [-0.25, -0.2) is 9.80 Å². The lowest BCUT2D eigenvalue weighted by atomic mass is 10.1. The number of imide groups is 2. The van der Waals surface area contributed by atoms with Gasteiger partial charge in [-0.05, 0) is 86.3 Å². The Morgan fingerprint density at radius 1 is 0.521 bits per heavy atom. The van der Waals surface area contributed by atoms with Crippen LogP contribution in [0, 0.1) is 27.7 Å². The molecule has 3 aromatic rings. The van der Waals surface area contributed by atoms with Crippen LogP contribution < -0.4 is 29.4 Å². The average Bonchev–Trinajstić information content (AvgIpc) is 3.56. The standard InChI is InChI=1S/C38H44N6O4/c1-25-5-7-27(3)31(21-25)39-13-17-41(18-14-39)33-23-35(45)43(37(33)47)29-9-11-30(12-10-29)44-36(46)24-34(38(44)48)42-19-15-40(16-20-42)32-22-26(2)6-8-28(32)4/h5-12,21-22,33-34H,13-20,23-24H2,1-4H3/p+2/t33-,34-/m1/s1. The minimum absolute atomic E-state index is 0.181. The van der Waals surface area contributed by atoms with Crippen molar-refractivity contribution in [3.63, 3.8) is 0 Å². The number of hydrogen-bond acceptors (Lipinski definition) is 6. The van der Waals surface area contributed by atoms with Crippen LogP contribution in [0.1, 0.15) is 35.1 Å². The molecule has 2 N–H and O–H groups in total. The first-order chi connectivity index (χ1) is 23.1. The molecule has 3 aromatic carbocycles. The summed E-state index contributed by atoms with van der Waals surface area (Å²) in [7, 11) is 0. The second kappa shape index (κ2) is 12.8. The molecule has 4 saturated heterocycles. The van der Waals surface area contributed by atoms with Gasteiger partial charge < -0.3 is 19.6 Å². The van der Waals surface area contributed by atoms with Crippen LogP contribution in [0.25, 0.3) is 0 Å². The molecule has 0 spiro atoms. The van der Waals surface area contributed by atoms with Crippen LogP contribution in [0.3, 0.4) is 0 Å². The van der Waals surface area contributed by atoms with Crippen LogP contribution in [0.2, 0.25) is 0 Å². The van der Waals surface area contributed by atoms with Crippen LogP contribution in [0.15, 0.2) is 60.7 Å². The summed E-state index contributed by atoms with van der Waals surface area (Å²) in [5.41, 5.74) is 8.38. The van der Waals surface area contributed by atoms with E-state index in [0.29, 0.717) is 11.4 Å². The molecule has 4 aliphatic rings. The van der Waals surface area contributed by atoms with Crippen molar-refractivity contribution in [3.05, 3.63) is 82.9 Å². The molecule has 7 rings (SSSR count). The van der Waals surface area contributed by atoms with E-state index in [2.05, 4.69) is 73.9 Å². The maximum absolute atomic E-state index is 13.6. The highest BCUT2D eigenvalue weighted by atomic mass is 16.2. The molecule has 4 fully saturated rings. The second-order valence-electron chi connectivity index (χ2n) is 14.0.